The second-order valence-corrected chi connectivity index (χ2v) is 5.30. The lowest BCUT2D eigenvalue weighted by atomic mass is 10.1. The van der Waals surface area contributed by atoms with Gasteiger partial charge < -0.3 is 4.84 Å². The number of oxime groups is 1. The number of aromatic amines is 1. The van der Waals surface area contributed by atoms with Crippen LogP contribution < -0.4 is 11.1 Å². The highest BCUT2D eigenvalue weighted by molar-refractivity contribution is 5.81. The standard InChI is InChI=1S/C17H21N3O3/c1-14(11-12-20-17(22)10-9-16(21)18-20)19-23-13-5-8-15-6-3-2-4-7-15/h2-4,6-7,9-10H,5,8,11-13H2,1H3,(H,18,21)/b19-14-. The van der Waals surface area contributed by atoms with E-state index in [0.717, 1.165) is 18.6 Å². The molecule has 6 nitrogen and oxygen atoms in total. The van der Waals surface area contributed by atoms with Crippen molar-refractivity contribution in [3.05, 3.63) is 68.7 Å². The van der Waals surface area contributed by atoms with Gasteiger partial charge in [0.2, 0.25) is 0 Å². The van der Waals surface area contributed by atoms with Gasteiger partial charge in [-0.25, -0.2) is 4.68 Å². The Kier molecular flexibility index (Phi) is 6.35. The highest BCUT2D eigenvalue weighted by atomic mass is 16.6. The van der Waals surface area contributed by atoms with Crippen molar-refractivity contribution in [3.8, 4) is 0 Å². The Bertz CT molecular complexity index is 747. The van der Waals surface area contributed by atoms with Gasteiger partial charge in [0.25, 0.3) is 11.1 Å². The maximum atomic E-state index is 11.5. The van der Waals surface area contributed by atoms with E-state index >= 15 is 0 Å². The molecule has 0 saturated heterocycles. The largest absolute Gasteiger partial charge is 0.396 e. The van der Waals surface area contributed by atoms with E-state index in [0.29, 0.717) is 19.6 Å². The first kappa shape index (κ1) is 16.7. The van der Waals surface area contributed by atoms with Crippen LogP contribution in [0.25, 0.3) is 0 Å². The SMILES string of the molecule is C/C(CCn1[nH]c(=O)ccc1=O)=N/OCCCc1ccccc1. The summed E-state index contributed by atoms with van der Waals surface area (Å²) < 4.78 is 1.27. The second kappa shape index (κ2) is 8.73. The zero-order valence-corrected chi connectivity index (χ0v) is 13.2. The molecule has 0 bridgehead atoms. The number of H-pyrrole nitrogens is 1. The molecule has 1 N–H and O–H groups in total. The lowest BCUT2D eigenvalue weighted by Gasteiger charge is -2.05. The van der Waals surface area contributed by atoms with Crippen LogP contribution in [0.2, 0.25) is 0 Å². The maximum absolute atomic E-state index is 11.5. The molecule has 23 heavy (non-hydrogen) atoms. The van der Waals surface area contributed by atoms with Crippen LogP contribution in [0, 0.1) is 0 Å². The maximum Gasteiger partial charge on any atom is 0.265 e. The van der Waals surface area contributed by atoms with Gasteiger partial charge in [0.1, 0.15) is 6.61 Å². The van der Waals surface area contributed by atoms with Gasteiger partial charge in [0.05, 0.1) is 5.71 Å². The monoisotopic (exact) mass is 315 g/mol. The number of nitrogens with zero attached hydrogens (tertiary/aromatic N) is 2. The topological polar surface area (TPSA) is 76.5 Å². The first-order valence-electron chi connectivity index (χ1n) is 7.65. The van der Waals surface area contributed by atoms with Crippen LogP contribution in [0.15, 0.2) is 57.2 Å². The van der Waals surface area contributed by atoms with E-state index in [-0.39, 0.29) is 11.1 Å². The molecule has 1 aromatic carbocycles. The van der Waals surface area contributed by atoms with Crippen molar-refractivity contribution in [2.45, 2.75) is 32.7 Å². The fourth-order valence-electron chi connectivity index (χ4n) is 2.09. The van der Waals surface area contributed by atoms with Crippen molar-refractivity contribution in [2.75, 3.05) is 6.61 Å². The van der Waals surface area contributed by atoms with Gasteiger partial charge in [-0.05, 0) is 25.3 Å². The lowest BCUT2D eigenvalue weighted by molar-refractivity contribution is 0.141. The summed E-state index contributed by atoms with van der Waals surface area (Å²) in [6, 6.07) is 12.7. The molecular formula is C17H21N3O3. The molecular weight excluding hydrogens is 294 g/mol. The Morgan fingerprint density at radius 1 is 1.17 bits per heavy atom. The summed E-state index contributed by atoms with van der Waals surface area (Å²) >= 11 is 0. The van der Waals surface area contributed by atoms with Gasteiger partial charge in [-0.2, -0.15) is 0 Å². The molecule has 6 heteroatoms. The average molecular weight is 315 g/mol. The molecule has 0 aliphatic heterocycles. The zero-order valence-electron chi connectivity index (χ0n) is 13.2. The molecule has 0 spiro atoms. The number of nitrogens with one attached hydrogen (secondary N) is 1. The quantitative estimate of drug-likeness (QED) is 0.459. The van der Waals surface area contributed by atoms with Crippen LogP contribution in [-0.2, 0) is 17.8 Å². The number of hydrogen-bond acceptors (Lipinski definition) is 4. The van der Waals surface area contributed by atoms with Crippen LogP contribution in [-0.4, -0.2) is 22.1 Å². The van der Waals surface area contributed by atoms with Crippen molar-refractivity contribution in [2.24, 2.45) is 5.16 Å². The van der Waals surface area contributed by atoms with Gasteiger partial charge in [-0.3, -0.25) is 14.7 Å². The summed E-state index contributed by atoms with van der Waals surface area (Å²) in [5, 5.41) is 6.51. The second-order valence-electron chi connectivity index (χ2n) is 5.30. The van der Waals surface area contributed by atoms with Gasteiger partial charge >= 0.3 is 0 Å². The molecule has 2 rings (SSSR count). The highest BCUT2D eigenvalue weighted by Crippen LogP contribution is 2.02. The van der Waals surface area contributed by atoms with Crippen molar-refractivity contribution in [1.29, 1.82) is 0 Å². The van der Waals surface area contributed by atoms with Crippen LogP contribution in [0.1, 0.15) is 25.3 Å². The van der Waals surface area contributed by atoms with Crippen molar-refractivity contribution < 1.29 is 4.84 Å². The lowest BCUT2D eigenvalue weighted by Crippen LogP contribution is -2.28. The van der Waals surface area contributed by atoms with Crippen molar-refractivity contribution in [3.63, 3.8) is 0 Å². The van der Waals surface area contributed by atoms with Crippen LogP contribution >= 0.6 is 0 Å². The predicted molar refractivity (Wildman–Crippen MR) is 89.8 cm³/mol. The zero-order chi connectivity index (χ0) is 16.5. The average Bonchev–Trinajstić information content (AvgIpc) is 2.56. The van der Waals surface area contributed by atoms with E-state index in [1.165, 1.54) is 22.4 Å². The van der Waals surface area contributed by atoms with E-state index in [1.807, 2.05) is 25.1 Å². The van der Waals surface area contributed by atoms with Crippen molar-refractivity contribution >= 4 is 5.71 Å². The first-order valence-corrected chi connectivity index (χ1v) is 7.65. The number of rotatable bonds is 8. The number of benzene rings is 1. The molecule has 2 aromatic rings. The minimum absolute atomic E-state index is 0.235. The molecule has 0 amide bonds. The van der Waals surface area contributed by atoms with Crippen LogP contribution in [0.3, 0.4) is 0 Å². The summed E-state index contributed by atoms with van der Waals surface area (Å²) in [5.74, 6) is 0. The third kappa shape index (κ3) is 5.94. The van der Waals surface area contributed by atoms with Gasteiger partial charge in [0.15, 0.2) is 0 Å². The molecule has 122 valence electrons. The number of hydrogen-bond donors (Lipinski definition) is 1. The smallest absolute Gasteiger partial charge is 0.265 e. The first-order chi connectivity index (χ1) is 11.1. The summed E-state index contributed by atoms with van der Waals surface area (Å²) in [6.45, 7) is 2.76. The molecule has 1 aromatic heterocycles. The third-order valence-electron chi connectivity index (χ3n) is 3.35. The van der Waals surface area contributed by atoms with E-state index in [2.05, 4.69) is 22.4 Å². The highest BCUT2D eigenvalue weighted by Gasteiger charge is 1.99. The van der Waals surface area contributed by atoms with Gasteiger partial charge in [-0.1, -0.05) is 35.5 Å². The molecule has 1 heterocycles. The Balaban J connectivity index is 1.70. The Hall–Kier alpha value is -2.63. The summed E-state index contributed by atoms with van der Waals surface area (Å²) in [6.07, 6.45) is 2.39. The van der Waals surface area contributed by atoms with Gasteiger partial charge in [0, 0.05) is 25.1 Å². The molecule has 0 fully saturated rings. The minimum Gasteiger partial charge on any atom is -0.396 e. The molecule has 0 radical (unpaired) electrons. The normalized spacial score (nSPS) is 11.4. The molecule has 0 unspecified atom stereocenters. The Morgan fingerprint density at radius 2 is 1.96 bits per heavy atom. The molecule has 0 aliphatic rings. The van der Waals surface area contributed by atoms with E-state index in [9.17, 15) is 9.59 Å². The number of aryl methyl sites for hydroxylation is 2. The Morgan fingerprint density at radius 3 is 2.74 bits per heavy atom. The summed E-state index contributed by atoms with van der Waals surface area (Å²) in [4.78, 5) is 28.0. The summed E-state index contributed by atoms with van der Waals surface area (Å²) in [5.41, 5.74) is 1.53. The number of aromatic nitrogens is 2. The third-order valence-corrected chi connectivity index (χ3v) is 3.35. The molecule has 0 aliphatic carbocycles. The van der Waals surface area contributed by atoms with Crippen LogP contribution in [0.5, 0.6) is 0 Å². The van der Waals surface area contributed by atoms with E-state index < -0.39 is 0 Å². The van der Waals surface area contributed by atoms with Crippen molar-refractivity contribution in [1.82, 2.24) is 9.78 Å². The minimum atomic E-state index is -0.295. The van der Waals surface area contributed by atoms with E-state index in [1.54, 1.807) is 0 Å². The van der Waals surface area contributed by atoms with Crippen LogP contribution in [0.4, 0.5) is 0 Å². The van der Waals surface area contributed by atoms with E-state index in [4.69, 9.17) is 4.84 Å². The predicted octanol–water partition coefficient (Wildman–Crippen LogP) is 1.95. The summed E-state index contributed by atoms with van der Waals surface area (Å²) in [7, 11) is 0. The molecule has 0 saturated carbocycles. The van der Waals surface area contributed by atoms with Gasteiger partial charge in [-0.15, -0.1) is 0 Å². The fourth-order valence-corrected chi connectivity index (χ4v) is 2.09. The Labute approximate surface area is 134 Å². The fraction of sp³-hybridized carbons (Fsp3) is 0.353. The molecule has 0 atom stereocenters.